The summed E-state index contributed by atoms with van der Waals surface area (Å²) >= 11 is -1.84. The zero-order valence-electron chi connectivity index (χ0n) is 24.0. The Labute approximate surface area is 235 Å². The Kier molecular flexibility index (Phi) is 9.70. The molecule has 10 heteroatoms. The van der Waals surface area contributed by atoms with Crippen molar-refractivity contribution in [2.45, 2.75) is 110 Å². The van der Waals surface area contributed by atoms with Gasteiger partial charge in [0.15, 0.2) is 11.2 Å². The van der Waals surface area contributed by atoms with Gasteiger partial charge in [-0.1, -0.05) is 58.9 Å². The van der Waals surface area contributed by atoms with Gasteiger partial charge in [-0.25, -0.2) is 18.6 Å². The second-order valence-electron chi connectivity index (χ2n) is 12.6. The monoisotopic (exact) mass is 561 g/mol. The molecule has 4 rings (SSSR count). The number of fused-ring (bicyclic) bond motifs is 2. The topological polar surface area (TPSA) is 135 Å². The Balaban J connectivity index is 1.45. The number of pyridine rings is 1. The minimum absolute atomic E-state index is 0.0578. The molecule has 218 valence electrons. The second kappa shape index (κ2) is 12.6. The van der Waals surface area contributed by atoms with Crippen LogP contribution in [0.2, 0.25) is 0 Å². The highest BCUT2D eigenvalue weighted by molar-refractivity contribution is 7.81. The molecule has 0 radical (unpaired) electrons. The summed E-state index contributed by atoms with van der Waals surface area (Å²) in [6, 6.07) is 2.07. The third-order valence-electron chi connectivity index (χ3n) is 10.1. The van der Waals surface area contributed by atoms with Crippen LogP contribution in [-0.4, -0.2) is 45.8 Å². The lowest BCUT2D eigenvalue weighted by Gasteiger charge is -2.40. The highest BCUT2D eigenvalue weighted by Crippen LogP contribution is 2.65. The molecule has 1 aromatic rings. The smallest absolute Gasteiger partial charge is 0.324 e. The van der Waals surface area contributed by atoms with Gasteiger partial charge in [-0.05, 0) is 66.9 Å². The lowest BCUT2D eigenvalue weighted by Crippen LogP contribution is -2.55. The molecule has 6 atom stereocenters. The van der Waals surface area contributed by atoms with Crippen molar-refractivity contribution in [3.63, 3.8) is 0 Å². The molecular formula is C29H47N5O4S. The second-order valence-corrected chi connectivity index (χ2v) is 13.6. The van der Waals surface area contributed by atoms with E-state index in [2.05, 4.69) is 40.5 Å². The van der Waals surface area contributed by atoms with E-state index >= 15 is 0 Å². The van der Waals surface area contributed by atoms with Gasteiger partial charge in [-0.2, -0.15) is 0 Å². The molecule has 0 saturated heterocycles. The molecule has 0 aromatic carbocycles. The van der Waals surface area contributed by atoms with Gasteiger partial charge >= 0.3 is 5.97 Å². The van der Waals surface area contributed by atoms with Crippen LogP contribution in [0.15, 0.2) is 18.3 Å². The average Bonchev–Trinajstić information content (AvgIpc) is 3.23. The zero-order chi connectivity index (χ0) is 28.2. The van der Waals surface area contributed by atoms with Crippen molar-refractivity contribution >= 4 is 28.9 Å². The summed E-state index contributed by atoms with van der Waals surface area (Å²) in [6.07, 6.45) is 11.5. The fraction of sp³-hybridized carbons (Fsp3) is 0.759. The van der Waals surface area contributed by atoms with E-state index in [1.54, 1.807) is 25.3 Å². The van der Waals surface area contributed by atoms with Crippen molar-refractivity contribution < 1.29 is 18.5 Å². The number of amides is 1. The van der Waals surface area contributed by atoms with Crippen molar-refractivity contribution in [3.05, 3.63) is 23.9 Å². The van der Waals surface area contributed by atoms with Gasteiger partial charge in [0, 0.05) is 18.7 Å². The quantitative estimate of drug-likeness (QED) is 0.288. The summed E-state index contributed by atoms with van der Waals surface area (Å²) < 4.78 is 24.5. The van der Waals surface area contributed by atoms with Crippen LogP contribution in [-0.2, 0) is 31.9 Å². The van der Waals surface area contributed by atoms with E-state index in [9.17, 15) is 13.8 Å². The van der Waals surface area contributed by atoms with E-state index in [0.29, 0.717) is 24.1 Å². The fourth-order valence-corrected chi connectivity index (χ4v) is 8.13. The lowest BCUT2D eigenvalue weighted by atomic mass is 9.69. The van der Waals surface area contributed by atoms with E-state index in [1.165, 1.54) is 12.8 Å². The van der Waals surface area contributed by atoms with Crippen LogP contribution < -0.4 is 20.5 Å². The number of nitrogen functional groups attached to an aromatic ring is 1. The van der Waals surface area contributed by atoms with Crippen LogP contribution in [0.1, 0.15) is 91.0 Å². The van der Waals surface area contributed by atoms with E-state index in [0.717, 1.165) is 44.1 Å². The van der Waals surface area contributed by atoms with Crippen LogP contribution in [0, 0.1) is 22.7 Å². The van der Waals surface area contributed by atoms with Crippen molar-refractivity contribution in [2.75, 3.05) is 12.3 Å². The van der Waals surface area contributed by atoms with E-state index in [4.69, 9.17) is 10.5 Å². The Morgan fingerprint density at radius 3 is 2.44 bits per heavy atom. The molecule has 2 bridgehead atoms. The number of nitrogens with two attached hydrogens (primary N) is 1. The van der Waals surface area contributed by atoms with Gasteiger partial charge in [0.25, 0.3) is 0 Å². The standard InChI is InChI=1S/C29H47N5O4S/c1-5-38-27(36)23(16-20-11-12-25(30)31-18-20)34-39(37)33-22(15-19-9-7-6-8-10-19)26(35)32-24-17-21-13-14-29(24,4)28(21,2)3/h11-12,18-19,21-24,33-34H,5-10,13-17H2,1-4H3,(H2,30,31)(H,32,35)/t21-,22+,23?,24+,29+,39?/m1/s1. The lowest BCUT2D eigenvalue weighted by molar-refractivity contribution is -0.145. The van der Waals surface area contributed by atoms with Gasteiger partial charge < -0.3 is 15.8 Å². The number of nitrogens with one attached hydrogen (secondary N) is 3. The van der Waals surface area contributed by atoms with Gasteiger partial charge in [-0.3, -0.25) is 9.59 Å². The number of esters is 1. The molecule has 3 fully saturated rings. The van der Waals surface area contributed by atoms with Gasteiger partial charge in [0.1, 0.15) is 11.9 Å². The largest absolute Gasteiger partial charge is 0.465 e. The third kappa shape index (κ3) is 6.82. The molecule has 3 aliphatic carbocycles. The van der Waals surface area contributed by atoms with Crippen molar-refractivity contribution in [1.29, 1.82) is 0 Å². The fourth-order valence-electron chi connectivity index (χ4n) is 7.16. The number of carbonyl (C=O) groups excluding carboxylic acids is 2. The Bertz CT molecular complexity index is 1030. The minimum Gasteiger partial charge on any atom is -0.465 e. The maximum absolute atomic E-state index is 13.7. The van der Waals surface area contributed by atoms with E-state index in [-0.39, 0.29) is 35.8 Å². The predicted octanol–water partition coefficient (Wildman–Crippen LogP) is 3.57. The van der Waals surface area contributed by atoms with Crippen LogP contribution in [0.5, 0.6) is 0 Å². The molecule has 0 aliphatic heterocycles. The van der Waals surface area contributed by atoms with E-state index in [1.807, 2.05) is 0 Å². The van der Waals surface area contributed by atoms with Crippen LogP contribution in [0.25, 0.3) is 0 Å². The Morgan fingerprint density at radius 1 is 1.13 bits per heavy atom. The van der Waals surface area contributed by atoms with Crippen molar-refractivity contribution in [1.82, 2.24) is 19.7 Å². The first kappa shape index (κ1) is 29.9. The highest BCUT2D eigenvalue weighted by atomic mass is 32.2. The molecule has 1 aromatic heterocycles. The summed E-state index contributed by atoms with van der Waals surface area (Å²) in [5.74, 6) is 0.804. The molecule has 5 N–H and O–H groups in total. The number of hydrogen-bond acceptors (Lipinski definition) is 6. The average molecular weight is 562 g/mol. The molecule has 0 spiro atoms. The zero-order valence-corrected chi connectivity index (χ0v) is 24.8. The Morgan fingerprint density at radius 2 is 1.85 bits per heavy atom. The normalized spacial score (nSPS) is 28.5. The van der Waals surface area contributed by atoms with Gasteiger partial charge in [0.05, 0.1) is 12.6 Å². The first-order valence-corrected chi connectivity index (χ1v) is 15.8. The predicted molar refractivity (Wildman–Crippen MR) is 153 cm³/mol. The molecule has 3 aliphatic rings. The summed E-state index contributed by atoms with van der Waals surface area (Å²) in [5, 5.41) is 3.37. The number of carbonyl (C=O) groups is 2. The van der Waals surface area contributed by atoms with E-state index < -0.39 is 29.2 Å². The maximum atomic E-state index is 13.7. The summed E-state index contributed by atoms with van der Waals surface area (Å²) in [5.41, 5.74) is 6.70. The maximum Gasteiger partial charge on any atom is 0.324 e. The third-order valence-corrected chi connectivity index (χ3v) is 11.1. The first-order chi connectivity index (χ1) is 18.5. The van der Waals surface area contributed by atoms with Crippen LogP contribution in [0.4, 0.5) is 5.82 Å². The number of hydrogen-bond donors (Lipinski definition) is 4. The first-order valence-electron chi connectivity index (χ1n) is 14.6. The molecule has 1 amide bonds. The van der Waals surface area contributed by atoms with Crippen LogP contribution >= 0.6 is 0 Å². The SMILES string of the molecule is CCOC(=O)C(Cc1ccc(N)nc1)NS(=O)N[C@@H](CC1CCCCC1)C(=O)N[C@H]1C[C@H]2CC[C@]1(C)C2(C)C. The van der Waals surface area contributed by atoms with Gasteiger partial charge in [-0.15, -0.1) is 0 Å². The molecule has 9 nitrogen and oxygen atoms in total. The Hall–Kier alpha value is -2.04. The molecule has 39 heavy (non-hydrogen) atoms. The number of rotatable bonds is 12. The van der Waals surface area contributed by atoms with Crippen molar-refractivity contribution in [2.24, 2.45) is 22.7 Å². The van der Waals surface area contributed by atoms with Crippen LogP contribution in [0.3, 0.4) is 0 Å². The number of nitrogens with zero attached hydrogens (tertiary/aromatic N) is 1. The minimum atomic E-state index is -1.84. The molecule has 3 saturated carbocycles. The number of anilines is 1. The molecule has 1 heterocycles. The summed E-state index contributed by atoms with van der Waals surface area (Å²) in [7, 11) is 0. The summed E-state index contributed by atoms with van der Waals surface area (Å²) in [4.78, 5) is 30.5. The number of aromatic nitrogens is 1. The van der Waals surface area contributed by atoms with Gasteiger partial charge in [0.2, 0.25) is 5.91 Å². The van der Waals surface area contributed by atoms with Crippen molar-refractivity contribution in [3.8, 4) is 0 Å². The number of ether oxygens (including phenoxy) is 1. The highest BCUT2D eigenvalue weighted by Gasteiger charge is 2.61. The molecule has 2 unspecified atom stereocenters. The molecular weight excluding hydrogens is 514 g/mol. The summed E-state index contributed by atoms with van der Waals surface area (Å²) in [6.45, 7) is 8.92.